The number of hydrogen-bond donors (Lipinski definition) is 0. The normalized spacial score (nSPS) is 19.7. The molecule has 6 nitrogen and oxygen atoms in total. The van der Waals surface area contributed by atoms with E-state index >= 15 is 0 Å². The average Bonchev–Trinajstić information content (AvgIpc) is 3.22. The van der Waals surface area contributed by atoms with Crippen molar-refractivity contribution in [2.24, 2.45) is 0 Å². The van der Waals surface area contributed by atoms with E-state index in [0.29, 0.717) is 23.9 Å². The van der Waals surface area contributed by atoms with Crippen molar-refractivity contribution >= 4 is 21.4 Å². The first kappa shape index (κ1) is 17.6. The number of hydrogen-bond acceptors (Lipinski definition) is 5. The lowest BCUT2D eigenvalue weighted by Gasteiger charge is -2.31. The van der Waals surface area contributed by atoms with Crippen molar-refractivity contribution in [3.05, 3.63) is 35.2 Å². The molecule has 24 heavy (non-hydrogen) atoms. The number of nitrogens with zero attached hydrogens (tertiary/aromatic N) is 3. The van der Waals surface area contributed by atoms with Gasteiger partial charge in [-0.3, -0.25) is 0 Å². The van der Waals surface area contributed by atoms with Gasteiger partial charge in [-0.15, -0.1) is 11.3 Å². The van der Waals surface area contributed by atoms with E-state index in [9.17, 15) is 8.42 Å². The van der Waals surface area contributed by atoms with Gasteiger partial charge >= 0.3 is 0 Å². The minimum Gasteiger partial charge on any atom is -0.383 e. The monoisotopic (exact) mass is 369 g/mol. The molecule has 0 radical (unpaired) electrons. The fourth-order valence-electron chi connectivity index (χ4n) is 3.10. The van der Waals surface area contributed by atoms with Crippen LogP contribution in [0.15, 0.2) is 28.0 Å². The number of imidazole rings is 1. The summed E-state index contributed by atoms with van der Waals surface area (Å²) in [7, 11) is -1.73. The first-order chi connectivity index (χ1) is 11.5. The van der Waals surface area contributed by atoms with Crippen LogP contribution >= 0.6 is 11.3 Å². The van der Waals surface area contributed by atoms with Crippen LogP contribution in [0.5, 0.6) is 0 Å². The lowest BCUT2D eigenvalue weighted by Crippen LogP contribution is -2.39. The molecule has 0 N–H and O–H groups in total. The molecule has 132 valence electrons. The van der Waals surface area contributed by atoms with Crippen LogP contribution in [-0.2, 0) is 21.3 Å². The molecule has 1 aliphatic rings. The molecule has 0 bridgehead atoms. The zero-order chi connectivity index (χ0) is 17.2. The van der Waals surface area contributed by atoms with Gasteiger partial charge in [-0.2, -0.15) is 4.31 Å². The minimum atomic E-state index is -3.40. The molecule has 8 heteroatoms. The maximum absolute atomic E-state index is 12.9. The van der Waals surface area contributed by atoms with Crippen molar-refractivity contribution in [2.45, 2.75) is 36.4 Å². The van der Waals surface area contributed by atoms with Crippen LogP contribution in [-0.4, -0.2) is 49.1 Å². The standard InChI is InChI=1S/C16H23N3O3S2/c1-13-10-15(23-12-13)24(20,21)19-6-3-4-14(11-19)16-17-5-7-18(16)8-9-22-2/h5,7,10,12,14H,3-4,6,8-9,11H2,1-2H3/t14-/m0/s1. The molecule has 1 atom stereocenters. The molecule has 1 aliphatic heterocycles. The topological polar surface area (TPSA) is 64.4 Å². The molecule has 3 heterocycles. The summed E-state index contributed by atoms with van der Waals surface area (Å²) >= 11 is 1.30. The van der Waals surface area contributed by atoms with Crippen molar-refractivity contribution < 1.29 is 13.2 Å². The lowest BCUT2D eigenvalue weighted by molar-refractivity contribution is 0.184. The van der Waals surface area contributed by atoms with E-state index < -0.39 is 10.0 Å². The van der Waals surface area contributed by atoms with Gasteiger partial charge in [-0.25, -0.2) is 13.4 Å². The van der Waals surface area contributed by atoms with Gasteiger partial charge in [-0.1, -0.05) is 0 Å². The van der Waals surface area contributed by atoms with Crippen LogP contribution in [0, 0.1) is 6.92 Å². The zero-order valence-electron chi connectivity index (χ0n) is 14.0. The number of aryl methyl sites for hydroxylation is 1. The van der Waals surface area contributed by atoms with Gasteiger partial charge in [0, 0.05) is 45.1 Å². The Kier molecular flexibility index (Phi) is 5.39. The SMILES string of the molecule is COCCn1ccnc1[C@H]1CCCN(S(=O)(=O)c2cc(C)cs2)C1. The number of aromatic nitrogens is 2. The Bertz CT molecular complexity index is 782. The van der Waals surface area contributed by atoms with E-state index in [1.807, 2.05) is 18.5 Å². The average molecular weight is 370 g/mol. The van der Waals surface area contributed by atoms with Crippen LogP contribution < -0.4 is 0 Å². The summed E-state index contributed by atoms with van der Waals surface area (Å²) < 4.78 is 35.0. The Morgan fingerprint density at radius 1 is 1.46 bits per heavy atom. The maximum Gasteiger partial charge on any atom is 0.252 e. The molecular formula is C16H23N3O3S2. The van der Waals surface area contributed by atoms with E-state index in [1.165, 1.54) is 11.3 Å². The molecule has 0 aliphatic carbocycles. The quantitative estimate of drug-likeness (QED) is 0.785. The van der Waals surface area contributed by atoms with Gasteiger partial charge in [0.15, 0.2) is 0 Å². The molecule has 0 unspecified atom stereocenters. The van der Waals surface area contributed by atoms with Crippen LogP contribution in [0.25, 0.3) is 0 Å². The largest absolute Gasteiger partial charge is 0.383 e. The molecule has 3 rings (SSSR count). The van der Waals surface area contributed by atoms with Crippen LogP contribution in [0.4, 0.5) is 0 Å². The van der Waals surface area contributed by atoms with Crippen molar-refractivity contribution in [1.29, 1.82) is 0 Å². The van der Waals surface area contributed by atoms with E-state index in [-0.39, 0.29) is 5.92 Å². The second-order valence-electron chi connectivity index (χ2n) is 6.12. The molecule has 0 saturated carbocycles. The summed E-state index contributed by atoms with van der Waals surface area (Å²) in [6.07, 6.45) is 5.52. The summed E-state index contributed by atoms with van der Waals surface area (Å²) in [6.45, 7) is 4.34. The van der Waals surface area contributed by atoms with Crippen LogP contribution in [0.1, 0.15) is 30.1 Å². The van der Waals surface area contributed by atoms with E-state index in [4.69, 9.17) is 4.74 Å². The van der Waals surface area contributed by atoms with Crippen molar-refractivity contribution in [3.63, 3.8) is 0 Å². The van der Waals surface area contributed by atoms with Crippen LogP contribution in [0.3, 0.4) is 0 Å². The summed E-state index contributed by atoms with van der Waals surface area (Å²) in [5.41, 5.74) is 0.988. The lowest BCUT2D eigenvalue weighted by atomic mass is 9.99. The van der Waals surface area contributed by atoms with Gasteiger partial charge in [0.25, 0.3) is 10.0 Å². The number of sulfonamides is 1. The van der Waals surface area contributed by atoms with Crippen molar-refractivity contribution in [3.8, 4) is 0 Å². The minimum absolute atomic E-state index is 0.126. The molecule has 1 saturated heterocycles. The summed E-state index contributed by atoms with van der Waals surface area (Å²) in [4.78, 5) is 4.47. The maximum atomic E-state index is 12.9. The molecule has 1 fully saturated rings. The molecule has 0 amide bonds. The number of methoxy groups -OCH3 is 1. The number of thiophene rings is 1. The van der Waals surface area contributed by atoms with Crippen LogP contribution in [0.2, 0.25) is 0 Å². The number of rotatable bonds is 6. The number of piperidine rings is 1. The predicted molar refractivity (Wildman–Crippen MR) is 93.9 cm³/mol. The first-order valence-corrected chi connectivity index (χ1v) is 10.4. The molecule has 2 aromatic heterocycles. The van der Waals surface area contributed by atoms with Gasteiger partial charge in [0.2, 0.25) is 0 Å². The summed E-state index contributed by atoms with van der Waals surface area (Å²) in [5.74, 6) is 1.08. The zero-order valence-corrected chi connectivity index (χ0v) is 15.6. The fourth-order valence-corrected chi connectivity index (χ4v) is 6.00. The molecule has 2 aromatic rings. The van der Waals surface area contributed by atoms with Crippen molar-refractivity contribution in [2.75, 3.05) is 26.8 Å². The van der Waals surface area contributed by atoms with E-state index in [0.717, 1.165) is 30.8 Å². The third-order valence-corrected chi connectivity index (χ3v) is 7.73. The smallest absolute Gasteiger partial charge is 0.252 e. The highest BCUT2D eigenvalue weighted by atomic mass is 32.2. The Balaban J connectivity index is 1.79. The highest BCUT2D eigenvalue weighted by molar-refractivity contribution is 7.91. The van der Waals surface area contributed by atoms with Gasteiger partial charge < -0.3 is 9.30 Å². The van der Waals surface area contributed by atoms with Gasteiger partial charge in [-0.05, 0) is 36.8 Å². The Hall–Kier alpha value is -1.22. The highest BCUT2D eigenvalue weighted by Crippen LogP contribution is 2.31. The Morgan fingerprint density at radius 3 is 3.00 bits per heavy atom. The third-order valence-electron chi connectivity index (χ3n) is 4.33. The van der Waals surface area contributed by atoms with Crippen molar-refractivity contribution in [1.82, 2.24) is 13.9 Å². The third kappa shape index (κ3) is 3.56. The molecular weight excluding hydrogens is 346 g/mol. The predicted octanol–water partition coefficient (Wildman–Crippen LogP) is 2.47. The Labute approximate surface area is 147 Å². The molecule has 0 aromatic carbocycles. The number of ether oxygens (including phenoxy) is 1. The van der Waals surface area contributed by atoms with Gasteiger partial charge in [0.05, 0.1) is 6.61 Å². The van der Waals surface area contributed by atoms with E-state index in [2.05, 4.69) is 9.55 Å². The second kappa shape index (κ2) is 7.35. The first-order valence-electron chi connectivity index (χ1n) is 8.07. The summed E-state index contributed by atoms with van der Waals surface area (Å²) in [5, 5.41) is 1.88. The second-order valence-corrected chi connectivity index (χ2v) is 9.19. The Morgan fingerprint density at radius 2 is 2.29 bits per heavy atom. The molecule has 0 spiro atoms. The summed E-state index contributed by atoms with van der Waals surface area (Å²) in [6, 6.07) is 1.75. The fraction of sp³-hybridized carbons (Fsp3) is 0.562. The highest BCUT2D eigenvalue weighted by Gasteiger charge is 2.33. The van der Waals surface area contributed by atoms with Gasteiger partial charge in [0.1, 0.15) is 10.0 Å². The van der Waals surface area contributed by atoms with E-state index in [1.54, 1.807) is 23.7 Å².